The van der Waals surface area contributed by atoms with Crippen molar-refractivity contribution in [2.75, 3.05) is 13.2 Å². The van der Waals surface area contributed by atoms with Crippen LogP contribution in [0.4, 0.5) is 4.39 Å². The summed E-state index contributed by atoms with van der Waals surface area (Å²) in [4.78, 5) is 11.9. The van der Waals surface area contributed by atoms with Crippen LogP contribution in [0.15, 0.2) is 48.5 Å². The standard InChI is InChI=1S/C19H20FNO3/c1-13(21-19(22)10-14-11-23-12-14)15-2-6-17(7-3-15)24-18-8-4-16(20)5-9-18/h2-9,13-14H,10-12H2,1H3,(H,21,22). The number of amides is 1. The van der Waals surface area contributed by atoms with Crippen molar-refractivity contribution >= 4 is 5.91 Å². The first-order valence-corrected chi connectivity index (χ1v) is 8.00. The van der Waals surface area contributed by atoms with E-state index in [9.17, 15) is 9.18 Å². The molecule has 4 nitrogen and oxygen atoms in total. The maximum atomic E-state index is 12.9. The van der Waals surface area contributed by atoms with E-state index in [1.54, 1.807) is 12.1 Å². The van der Waals surface area contributed by atoms with Gasteiger partial charge in [-0.2, -0.15) is 0 Å². The maximum Gasteiger partial charge on any atom is 0.220 e. The molecule has 24 heavy (non-hydrogen) atoms. The van der Waals surface area contributed by atoms with Crippen LogP contribution in [0, 0.1) is 11.7 Å². The number of hydrogen-bond donors (Lipinski definition) is 1. The number of nitrogens with one attached hydrogen (secondary N) is 1. The number of halogens is 1. The third kappa shape index (κ3) is 4.32. The van der Waals surface area contributed by atoms with E-state index < -0.39 is 0 Å². The van der Waals surface area contributed by atoms with Gasteiger partial charge in [0.15, 0.2) is 0 Å². The van der Waals surface area contributed by atoms with Crippen molar-refractivity contribution < 1.29 is 18.7 Å². The molecule has 1 N–H and O–H groups in total. The van der Waals surface area contributed by atoms with Crippen LogP contribution in [-0.4, -0.2) is 19.1 Å². The molecule has 1 aliphatic rings. The lowest BCUT2D eigenvalue weighted by molar-refractivity contribution is -0.127. The van der Waals surface area contributed by atoms with Gasteiger partial charge in [-0.1, -0.05) is 12.1 Å². The minimum atomic E-state index is -0.296. The molecule has 1 aliphatic heterocycles. The number of rotatable bonds is 6. The summed E-state index contributed by atoms with van der Waals surface area (Å²) in [5.41, 5.74) is 1.000. The fourth-order valence-corrected chi connectivity index (χ4v) is 2.51. The van der Waals surface area contributed by atoms with Crippen LogP contribution in [0.1, 0.15) is 24.9 Å². The third-order valence-electron chi connectivity index (χ3n) is 3.99. The first-order chi connectivity index (χ1) is 11.6. The summed E-state index contributed by atoms with van der Waals surface area (Å²) in [5.74, 6) is 1.34. The van der Waals surface area contributed by atoms with E-state index in [1.807, 2.05) is 31.2 Å². The molecule has 2 aromatic carbocycles. The number of carbonyl (C=O) groups excluding carboxylic acids is 1. The fourth-order valence-electron chi connectivity index (χ4n) is 2.51. The van der Waals surface area contributed by atoms with Crippen LogP contribution in [0.3, 0.4) is 0 Å². The Morgan fingerprint density at radius 2 is 1.75 bits per heavy atom. The molecule has 0 spiro atoms. The van der Waals surface area contributed by atoms with Gasteiger partial charge in [-0.05, 0) is 48.9 Å². The minimum Gasteiger partial charge on any atom is -0.457 e. The quantitative estimate of drug-likeness (QED) is 0.876. The van der Waals surface area contributed by atoms with E-state index in [2.05, 4.69) is 5.32 Å². The molecule has 0 bridgehead atoms. The summed E-state index contributed by atoms with van der Waals surface area (Å²) in [5, 5.41) is 2.99. The molecule has 0 aliphatic carbocycles. The van der Waals surface area contributed by atoms with Crippen molar-refractivity contribution in [1.29, 1.82) is 0 Å². The zero-order chi connectivity index (χ0) is 16.9. The summed E-state index contributed by atoms with van der Waals surface area (Å²) >= 11 is 0. The lowest BCUT2D eigenvalue weighted by Crippen LogP contribution is -2.35. The molecule has 3 rings (SSSR count). The second-order valence-corrected chi connectivity index (χ2v) is 6.02. The van der Waals surface area contributed by atoms with E-state index in [0.717, 1.165) is 5.56 Å². The lowest BCUT2D eigenvalue weighted by atomic mass is 10.0. The first-order valence-electron chi connectivity index (χ1n) is 8.00. The van der Waals surface area contributed by atoms with Crippen LogP contribution in [-0.2, 0) is 9.53 Å². The van der Waals surface area contributed by atoms with Crippen LogP contribution >= 0.6 is 0 Å². The molecule has 5 heteroatoms. The van der Waals surface area contributed by atoms with Gasteiger partial charge in [-0.25, -0.2) is 4.39 Å². The normalized spacial score (nSPS) is 15.4. The van der Waals surface area contributed by atoms with Gasteiger partial charge in [0.25, 0.3) is 0 Å². The molecule has 1 atom stereocenters. The molecule has 1 heterocycles. The largest absolute Gasteiger partial charge is 0.457 e. The van der Waals surface area contributed by atoms with Crippen LogP contribution in [0.25, 0.3) is 0 Å². The van der Waals surface area contributed by atoms with Crippen molar-refractivity contribution in [3.63, 3.8) is 0 Å². The van der Waals surface area contributed by atoms with Crippen molar-refractivity contribution in [2.24, 2.45) is 5.92 Å². The van der Waals surface area contributed by atoms with Gasteiger partial charge < -0.3 is 14.8 Å². The summed E-state index contributed by atoms with van der Waals surface area (Å²) in [7, 11) is 0. The molecule has 0 aromatic heterocycles. The molecule has 2 aromatic rings. The number of hydrogen-bond acceptors (Lipinski definition) is 3. The van der Waals surface area contributed by atoms with Gasteiger partial charge >= 0.3 is 0 Å². The van der Waals surface area contributed by atoms with Crippen LogP contribution in [0.2, 0.25) is 0 Å². The van der Waals surface area contributed by atoms with E-state index in [1.165, 1.54) is 12.1 Å². The third-order valence-corrected chi connectivity index (χ3v) is 3.99. The Balaban J connectivity index is 1.54. The average molecular weight is 329 g/mol. The molecule has 0 radical (unpaired) electrons. The predicted octanol–water partition coefficient (Wildman–Crippen LogP) is 3.83. The Hall–Kier alpha value is -2.40. The summed E-state index contributed by atoms with van der Waals surface area (Å²) < 4.78 is 23.6. The Bertz CT molecular complexity index is 681. The molecular formula is C19H20FNO3. The Labute approximate surface area is 140 Å². The highest BCUT2D eigenvalue weighted by Crippen LogP contribution is 2.24. The van der Waals surface area contributed by atoms with E-state index in [-0.39, 0.29) is 17.8 Å². The number of benzene rings is 2. The van der Waals surface area contributed by atoms with Crippen molar-refractivity contribution in [1.82, 2.24) is 5.32 Å². The second-order valence-electron chi connectivity index (χ2n) is 6.02. The van der Waals surface area contributed by atoms with Gasteiger partial charge in [0, 0.05) is 12.3 Å². The summed E-state index contributed by atoms with van der Waals surface area (Å²) in [6.45, 7) is 3.31. The Morgan fingerprint density at radius 1 is 1.17 bits per heavy atom. The maximum absolute atomic E-state index is 12.9. The van der Waals surface area contributed by atoms with Crippen molar-refractivity contribution in [3.8, 4) is 11.5 Å². The highest BCUT2D eigenvalue weighted by atomic mass is 19.1. The smallest absolute Gasteiger partial charge is 0.220 e. The molecule has 0 saturated carbocycles. The molecule has 1 unspecified atom stereocenters. The highest BCUT2D eigenvalue weighted by molar-refractivity contribution is 5.76. The van der Waals surface area contributed by atoms with Gasteiger partial charge in [0.1, 0.15) is 17.3 Å². The Morgan fingerprint density at radius 3 is 2.29 bits per heavy atom. The van der Waals surface area contributed by atoms with E-state index in [4.69, 9.17) is 9.47 Å². The van der Waals surface area contributed by atoms with E-state index in [0.29, 0.717) is 37.1 Å². The van der Waals surface area contributed by atoms with Crippen LogP contribution < -0.4 is 10.1 Å². The van der Waals surface area contributed by atoms with E-state index >= 15 is 0 Å². The molecule has 1 amide bonds. The van der Waals surface area contributed by atoms with Crippen molar-refractivity contribution in [3.05, 3.63) is 59.9 Å². The second kappa shape index (κ2) is 7.45. The fraction of sp³-hybridized carbons (Fsp3) is 0.316. The van der Waals surface area contributed by atoms with Crippen molar-refractivity contribution in [2.45, 2.75) is 19.4 Å². The molecule has 1 fully saturated rings. The minimum absolute atomic E-state index is 0.0439. The van der Waals surface area contributed by atoms with Gasteiger partial charge in [-0.3, -0.25) is 4.79 Å². The van der Waals surface area contributed by atoms with Gasteiger partial charge in [0.05, 0.1) is 19.3 Å². The predicted molar refractivity (Wildman–Crippen MR) is 88.4 cm³/mol. The van der Waals surface area contributed by atoms with Gasteiger partial charge in [-0.15, -0.1) is 0 Å². The SMILES string of the molecule is CC(NC(=O)CC1COC1)c1ccc(Oc2ccc(F)cc2)cc1. The zero-order valence-electron chi connectivity index (χ0n) is 13.5. The topological polar surface area (TPSA) is 47.6 Å². The number of ether oxygens (including phenoxy) is 2. The monoisotopic (exact) mass is 329 g/mol. The average Bonchev–Trinajstić information content (AvgIpc) is 2.54. The Kier molecular flexibility index (Phi) is 5.11. The van der Waals surface area contributed by atoms with Gasteiger partial charge in [0.2, 0.25) is 5.91 Å². The highest BCUT2D eigenvalue weighted by Gasteiger charge is 2.22. The number of carbonyl (C=O) groups is 1. The zero-order valence-corrected chi connectivity index (χ0v) is 13.5. The molecular weight excluding hydrogens is 309 g/mol. The first kappa shape index (κ1) is 16.5. The molecule has 126 valence electrons. The summed E-state index contributed by atoms with van der Waals surface area (Å²) in [6.07, 6.45) is 0.510. The lowest BCUT2D eigenvalue weighted by Gasteiger charge is -2.26. The molecule has 1 saturated heterocycles. The summed E-state index contributed by atoms with van der Waals surface area (Å²) in [6, 6.07) is 13.3. The van der Waals surface area contributed by atoms with Crippen LogP contribution in [0.5, 0.6) is 11.5 Å².